The van der Waals surface area contributed by atoms with Crippen LogP contribution in [0.5, 0.6) is 0 Å². The largest absolute Gasteiger partial charge is 0.310 e. The lowest BCUT2D eigenvalue weighted by Gasteiger charge is -2.14. The van der Waals surface area contributed by atoms with E-state index in [9.17, 15) is 4.39 Å². The molecule has 0 amide bonds. The summed E-state index contributed by atoms with van der Waals surface area (Å²) in [5, 5.41) is 3.35. The van der Waals surface area contributed by atoms with Crippen molar-refractivity contribution in [3.05, 3.63) is 29.6 Å². The van der Waals surface area contributed by atoms with Crippen LogP contribution in [0.1, 0.15) is 38.8 Å². The fourth-order valence-electron chi connectivity index (χ4n) is 1.54. The van der Waals surface area contributed by atoms with Crippen molar-refractivity contribution >= 4 is 11.8 Å². The summed E-state index contributed by atoms with van der Waals surface area (Å²) in [6.07, 6.45) is 1.09. The number of benzene rings is 1. The molecule has 0 heterocycles. The third kappa shape index (κ3) is 3.80. The molecule has 0 bridgehead atoms. The molecule has 90 valence electrons. The summed E-state index contributed by atoms with van der Waals surface area (Å²) < 4.78 is 13.7. The molecule has 3 heteroatoms. The number of hydrogen-bond acceptors (Lipinski definition) is 2. The Balaban J connectivity index is 2.71. The minimum atomic E-state index is -0.102. The smallest absolute Gasteiger partial charge is 0.137 e. The van der Waals surface area contributed by atoms with Gasteiger partial charge >= 0.3 is 0 Å². The van der Waals surface area contributed by atoms with Crippen LogP contribution in [-0.4, -0.2) is 12.3 Å². The van der Waals surface area contributed by atoms with Crippen LogP contribution in [0.4, 0.5) is 4.39 Å². The predicted molar refractivity (Wildman–Crippen MR) is 69.5 cm³/mol. The van der Waals surface area contributed by atoms with Gasteiger partial charge in [-0.3, -0.25) is 0 Å². The summed E-state index contributed by atoms with van der Waals surface area (Å²) in [5.74, 6) is 0.800. The first-order valence-corrected chi connectivity index (χ1v) is 6.83. The Morgan fingerprint density at radius 3 is 2.69 bits per heavy atom. The molecule has 0 spiro atoms. The quantitative estimate of drug-likeness (QED) is 0.756. The Labute approximate surface area is 102 Å². The van der Waals surface area contributed by atoms with E-state index in [2.05, 4.69) is 19.2 Å². The predicted octanol–water partition coefficient (Wildman–Crippen LogP) is 4.00. The van der Waals surface area contributed by atoms with Crippen LogP contribution in [0.25, 0.3) is 0 Å². The van der Waals surface area contributed by atoms with Crippen LogP contribution in [0.2, 0.25) is 0 Å². The molecule has 1 unspecified atom stereocenters. The molecule has 0 aliphatic heterocycles. The Morgan fingerprint density at radius 1 is 1.38 bits per heavy atom. The topological polar surface area (TPSA) is 12.0 Å². The van der Waals surface area contributed by atoms with Gasteiger partial charge in [-0.25, -0.2) is 4.39 Å². The third-order valence-corrected chi connectivity index (χ3v) is 3.39. The van der Waals surface area contributed by atoms with Crippen LogP contribution >= 0.6 is 11.8 Å². The monoisotopic (exact) mass is 241 g/mol. The summed E-state index contributed by atoms with van der Waals surface area (Å²) in [7, 11) is 0. The summed E-state index contributed by atoms with van der Waals surface area (Å²) >= 11 is 1.54. The zero-order valence-corrected chi connectivity index (χ0v) is 11.0. The average molecular weight is 241 g/mol. The molecule has 0 aliphatic rings. The zero-order valence-electron chi connectivity index (χ0n) is 10.2. The fraction of sp³-hybridized carbons (Fsp3) is 0.538. The number of thioether (sulfide) groups is 1. The van der Waals surface area contributed by atoms with Crippen molar-refractivity contribution < 1.29 is 4.39 Å². The molecule has 16 heavy (non-hydrogen) atoms. The maximum atomic E-state index is 13.7. The number of nitrogens with one attached hydrogen (secondary N) is 1. The minimum Gasteiger partial charge on any atom is -0.310 e. The van der Waals surface area contributed by atoms with Crippen molar-refractivity contribution in [3.63, 3.8) is 0 Å². The molecule has 0 aromatic heterocycles. The lowest BCUT2D eigenvalue weighted by Crippen LogP contribution is -2.19. The van der Waals surface area contributed by atoms with E-state index in [1.54, 1.807) is 17.8 Å². The lowest BCUT2D eigenvalue weighted by atomic mass is 10.1. The van der Waals surface area contributed by atoms with E-state index < -0.39 is 0 Å². The van der Waals surface area contributed by atoms with Crippen LogP contribution in [0.15, 0.2) is 23.1 Å². The molecule has 1 N–H and O–H groups in total. The van der Waals surface area contributed by atoms with Gasteiger partial charge in [0.25, 0.3) is 0 Å². The van der Waals surface area contributed by atoms with Crippen molar-refractivity contribution in [1.29, 1.82) is 0 Å². The molecule has 1 atom stereocenters. The van der Waals surface area contributed by atoms with Crippen molar-refractivity contribution in [2.75, 3.05) is 12.3 Å². The average Bonchev–Trinajstić information content (AvgIpc) is 2.29. The second kappa shape index (κ2) is 6.92. The molecule has 1 rings (SSSR count). The van der Waals surface area contributed by atoms with Crippen molar-refractivity contribution in [3.8, 4) is 0 Å². The van der Waals surface area contributed by atoms with Crippen molar-refractivity contribution in [1.82, 2.24) is 5.32 Å². The maximum Gasteiger partial charge on any atom is 0.137 e. The molecule has 1 aromatic carbocycles. The van der Waals surface area contributed by atoms with Gasteiger partial charge in [0.05, 0.1) is 0 Å². The van der Waals surface area contributed by atoms with Crippen molar-refractivity contribution in [2.24, 2.45) is 0 Å². The normalized spacial score (nSPS) is 12.8. The first-order valence-electron chi connectivity index (χ1n) is 5.84. The van der Waals surface area contributed by atoms with E-state index in [-0.39, 0.29) is 11.9 Å². The number of rotatable bonds is 6. The van der Waals surface area contributed by atoms with Gasteiger partial charge < -0.3 is 5.32 Å². The van der Waals surface area contributed by atoms with Crippen LogP contribution in [-0.2, 0) is 0 Å². The van der Waals surface area contributed by atoms with Gasteiger partial charge in [-0.15, -0.1) is 11.8 Å². The van der Waals surface area contributed by atoms with Crippen LogP contribution in [0, 0.1) is 5.82 Å². The second-order valence-electron chi connectivity index (χ2n) is 3.80. The van der Waals surface area contributed by atoms with Gasteiger partial charge in [-0.2, -0.15) is 0 Å². The SMILES string of the molecule is CCCNC(C)c1ccc(SCC)c(F)c1. The number of halogens is 1. The zero-order chi connectivity index (χ0) is 12.0. The van der Waals surface area contributed by atoms with E-state index in [1.807, 2.05) is 19.1 Å². The first kappa shape index (κ1) is 13.5. The molecule has 1 nitrogen and oxygen atoms in total. The molecular formula is C13H20FNS. The molecule has 0 saturated heterocycles. The summed E-state index contributed by atoms with van der Waals surface area (Å²) in [5.41, 5.74) is 1.02. The highest BCUT2D eigenvalue weighted by Crippen LogP contribution is 2.24. The van der Waals surface area contributed by atoms with E-state index >= 15 is 0 Å². The van der Waals surface area contributed by atoms with Gasteiger partial charge in [-0.05, 0) is 43.3 Å². The van der Waals surface area contributed by atoms with E-state index in [0.29, 0.717) is 0 Å². The molecule has 0 fully saturated rings. The molecule has 0 radical (unpaired) electrons. The Morgan fingerprint density at radius 2 is 2.12 bits per heavy atom. The Hall–Kier alpha value is -0.540. The lowest BCUT2D eigenvalue weighted by molar-refractivity contribution is 0.556. The summed E-state index contributed by atoms with van der Waals surface area (Å²) in [4.78, 5) is 0.744. The second-order valence-corrected chi connectivity index (χ2v) is 5.10. The highest BCUT2D eigenvalue weighted by atomic mass is 32.2. The van der Waals surface area contributed by atoms with Gasteiger partial charge in [0.15, 0.2) is 0 Å². The molecule has 0 saturated carbocycles. The third-order valence-electron chi connectivity index (χ3n) is 2.46. The first-order chi connectivity index (χ1) is 7.69. The fourth-order valence-corrected chi connectivity index (χ4v) is 2.21. The van der Waals surface area contributed by atoms with Gasteiger partial charge in [-0.1, -0.05) is 19.9 Å². The number of hydrogen-bond donors (Lipinski definition) is 1. The van der Waals surface area contributed by atoms with Gasteiger partial charge in [0.1, 0.15) is 5.82 Å². The minimum absolute atomic E-state index is 0.102. The van der Waals surface area contributed by atoms with Crippen molar-refractivity contribution in [2.45, 2.75) is 38.1 Å². The standard InChI is InChI=1S/C13H20FNS/c1-4-8-15-10(3)11-6-7-13(16-5-2)12(14)9-11/h6-7,9-10,15H,4-5,8H2,1-3H3. The molecule has 1 aromatic rings. The molecular weight excluding hydrogens is 221 g/mol. The maximum absolute atomic E-state index is 13.7. The van der Waals surface area contributed by atoms with E-state index in [0.717, 1.165) is 29.2 Å². The highest BCUT2D eigenvalue weighted by Gasteiger charge is 2.08. The Kier molecular flexibility index (Phi) is 5.85. The summed E-state index contributed by atoms with van der Waals surface area (Å²) in [6.45, 7) is 7.19. The molecule has 0 aliphatic carbocycles. The van der Waals surface area contributed by atoms with Crippen LogP contribution in [0.3, 0.4) is 0 Å². The van der Waals surface area contributed by atoms with Crippen LogP contribution < -0.4 is 5.32 Å². The summed E-state index contributed by atoms with van der Waals surface area (Å²) in [6, 6.07) is 5.75. The van der Waals surface area contributed by atoms with E-state index in [4.69, 9.17) is 0 Å². The van der Waals surface area contributed by atoms with E-state index in [1.165, 1.54) is 0 Å². The van der Waals surface area contributed by atoms with Gasteiger partial charge in [0.2, 0.25) is 0 Å². The highest BCUT2D eigenvalue weighted by molar-refractivity contribution is 7.99. The Bertz CT molecular complexity index is 328. The van der Waals surface area contributed by atoms with Gasteiger partial charge in [0, 0.05) is 10.9 Å².